The van der Waals surface area contributed by atoms with E-state index in [4.69, 9.17) is 14.2 Å². The van der Waals surface area contributed by atoms with Gasteiger partial charge in [0.05, 0.1) is 11.8 Å². The summed E-state index contributed by atoms with van der Waals surface area (Å²) in [7, 11) is 0. The van der Waals surface area contributed by atoms with Crippen molar-refractivity contribution in [2.24, 2.45) is 0 Å². The maximum absolute atomic E-state index is 12.0. The molecule has 2 rings (SSSR count). The van der Waals surface area contributed by atoms with Crippen LogP contribution in [0.1, 0.15) is 17.3 Å². The summed E-state index contributed by atoms with van der Waals surface area (Å²) in [5.74, 6) is 0.416. The highest BCUT2D eigenvalue weighted by Crippen LogP contribution is 2.19. The average molecular weight is 298 g/mol. The van der Waals surface area contributed by atoms with Crippen LogP contribution in [0.25, 0.3) is 0 Å². The number of esters is 2. The van der Waals surface area contributed by atoms with E-state index in [9.17, 15) is 9.59 Å². The molecule has 5 nitrogen and oxygen atoms in total. The zero-order valence-corrected chi connectivity index (χ0v) is 11.9. The van der Waals surface area contributed by atoms with E-state index in [1.54, 1.807) is 48.5 Å². The molecule has 0 atom stereocenters. The van der Waals surface area contributed by atoms with Crippen molar-refractivity contribution < 1.29 is 23.8 Å². The van der Waals surface area contributed by atoms with Gasteiger partial charge >= 0.3 is 11.9 Å². The van der Waals surface area contributed by atoms with Gasteiger partial charge in [0.2, 0.25) is 0 Å². The lowest BCUT2D eigenvalue weighted by Gasteiger charge is -2.06. The smallest absolute Gasteiger partial charge is 0.343 e. The summed E-state index contributed by atoms with van der Waals surface area (Å²) in [4.78, 5) is 22.8. The van der Waals surface area contributed by atoms with Gasteiger partial charge in [-0.25, -0.2) is 4.79 Å². The van der Waals surface area contributed by atoms with Crippen LogP contribution in [0, 0.1) is 0 Å². The van der Waals surface area contributed by atoms with Crippen molar-refractivity contribution in [2.75, 3.05) is 0 Å². The quantitative estimate of drug-likeness (QED) is 0.481. The van der Waals surface area contributed by atoms with Crippen LogP contribution in [0.3, 0.4) is 0 Å². The fraction of sp³-hybridized carbons (Fsp3) is 0.0588. The normalized spacial score (nSPS) is 9.68. The van der Waals surface area contributed by atoms with E-state index in [1.165, 1.54) is 13.2 Å². The lowest BCUT2D eigenvalue weighted by molar-refractivity contribution is -0.131. The summed E-state index contributed by atoms with van der Waals surface area (Å²) in [6.07, 6.45) is 1.30. The molecule has 0 amide bonds. The highest BCUT2D eigenvalue weighted by molar-refractivity contribution is 5.91. The summed E-state index contributed by atoms with van der Waals surface area (Å²) in [6, 6.07) is 12.7. The maximum Gasteiger partial charge on any atom is 0.343 e. The second kappa shape index (κ2) is 7.08. The minimum Gasteiger partial charge on any atom is -0.466 e. The van der Waals surface area contributed by atoms with Gasteiger partial charge in [0.15, 0.2) is 0 Å². The Hall–Kier alpha value is -3.08. The van der Waals surface area contributed by atoms with Gasteiger partial charge in [-0.1, -0.05) is 6.58 Å². The van der Waals surface area contributed by atoms with Gasteiger partial charge in [0.1, 0.15) is 17.2 Å². The molecule has 0 aliphatic carbocycles. The number of ether oxygens (including phenoxy) is 3. The third kappa shape index (κ3) is 4.21. The van der Waals surface area contributed by atoms with E-state index in [0.717, 1.165) is 0 Å². The molecule has 2 aromatic rings. The Bertz CT molecular complexity index is 671. The lowest BCUT2D eigenvalue weighted by Crippen LogP contribution is -2.08. The number of carbonyl (C=O) groups is 2. The van der Waals surface area contributed by atoms with E-state index < -0.39 is 11.9 Å². The number of hydrogen-bond donors (Lipinski definition) is 0. The zero-order valence-electron chi connectivity index (χ0n) is 11.9. The monoisotopic (exact) mass is 298 g/mol. The molecule has 2 aromatic carbocycles. The van der Waals surface area contributed by atoms with Crippen molar-refractivity contribution in [3.05, 3.63) is 66.9 Å². The highest BCUT2D eigenvalue weighted by Gasteiger charge is 2.09. The first kappa shape index (κ1) is 15.3. The Balaban J connectivity index is 2.01. The molecule has 0 aromatic heterocycles. The third-order valence-corrected chi connectivity index (χ3v) is 2.61. The molecule has 0 radical (unpaired) electrons. The van der Waals surface area contributed by atoms with Crippen LogP contribution in [-0.4, -0.2) is 11.9 Å². The van der Waals surface area contributed by atoms with Gasteiger partial charge in [0.25, 0.3) is 0 Å². The first-order valence-corrected chi connectivity index (χ1v) is 6.47. The van der Waals surface area contributed by atoms with Crippen molar-refractivity contribution in [1.29, 1.82) is 0 Å². The van der Waals surface area contributed by atoms with Gasteiger partial charge in [-0.05, 0) is 48.5 Å². The van der Waals surface area contributed by atoms with Crippen molar-refractivity contribution >= 4 is 11.9 Å². The molecule has 0 fully saturated rings. The molecule has 0 aliphatic heterocycles. The van der Waals surface area contributed by atoms with Crippen molar-refractivity contribution in [3.63, 3.8) is 0 Å². The SMILES string of the molecule is C=COc1ccc(C(=O)Oc2ccc(OC(C)=O)cc2)cc1. The summed E-state index contributed by atoms with van der Waals surface area (Å²) in [5, 5.41) is 0. The predicted octanol–water partition coefficient (Wildman–Crippen LogP) is 3.35. The standard InChI is InChI=1S/C17H14O5/c1-3-20-14-6-4-13(5-7-14)17(19)22-16-10-8-15(9-11-16)21-12(2)18/h3-11H,1H2,2H3. The van der Waals surface area contributed by atoms with Crippen LogP contribution >= 0.6 is 0 Å². The highest BCUT2D eigenvalue weighted by atomic mass is 16.5. The molecule has 112 valence electrons. The molecule has 0 spiro atoms. The number of hydrogen-bond acceptors (Lipinski definition) is 5. The van der Waals surface area contributed by atoms with Gasteiger partial charge in [-0.3, -0.25) is 4.79 Å². The summed E-state index contributed by atoms with van der Waals surface area (Å²) in [6.45, 7) is 4.76. The van der Waals surface area contributed by atoms with Crippen molar-refractivity contribution in [3.8, 4) is 17.2 Å². The molecule has 0 N–H and O–H groups in total. The number of rotatable bonds is 5. The van der Waals surface area contributed by atoms with Crippen LogP contribution in [0.5, 0.6) is 17.2 Å². The van der Waals surface area contributed by atoms with E-state index in [-0.39, 0.29) is 0 Å². The summed E-state index contributed by atoms with van der Waals surface area (Å²) < 4.78 is 15.2. The van der Waals surface area contributed by atoms with E-state index in [2.05, 4.69) is 6.58 Å². The predicted molar refractivity (Wildman–Crippen MR) is 80.0 cm³/mol. The molecular weight excluding hydrogens is 284 g/mol. The van der Waals surface area contributed by atoms with E-state index in [0.29, 0.717) is 22.8 Å². The fourth-order valence-corrected chi connectivity index (χ4v) is 1.67. The maximum atomic E-state index is 12.0. The van der Waals surface area contributed by atoms with Gasteiger partial charge in [-0.2, -0.15) is 0 Å². The molecule has 0 heterocycles. The van der Waals surface area contributed by atoms with Crippen molar-refractivity contribution in [1.82, 2.24) is 0 Å². The molecule has 22 heavy (non-hydrogen) atoms. The second-order valence-electron chi connectivity index (χ2n) is 4.26. The van der Waals surface area contributed by atoms with Crippen LogP contribution in [0.2, 0.25) is 0 Å². The van der Waals surface area contributed by atoms with Crippen molar-refractivity contribution in [2.45, 2.75) is 6.92 Å². The summed E-state index contributed by atoms with van der Waals surface area (Å²) >= 11 is 0. The Kier molecular flexibility index (Phi) is 4.93. The minimum atomic E-state index is -0.495. The topological polar surface area (TPSA) is 61.8 Å². The van der Waals surface area contributed by atoms with Crippen LogP contribution in [-0.2, 0) is 4.79 Å². The van der Waals surface area contributed by atoms with Crippen LogP contribution in [0.15, 0.2) is 61.4 Å². The van der Waals surface area contributed by atoms with Gasteiger partial charge in [0, 0.05) is 6.92 Å². The van der Waals surface area contributed by atoms with Gasteiger partial charge in [-0.15, -0.1) is 0 Å². The largest absolute Gasteiger partial charge is 0.466 e. The number of carbonyl (C=O) groups excluding carboxylic acids is 2. The third-order valence-electron chi connectivity index (χ3n) is 2.61. The second-order valence-corrected chi connectivity index (χ2v) is 4.26. The Labute approximate surface area is 127 Å². The Morgan fingerprint density at radius 3 is 1.86 bits per heavy atom. The fourth-order valence-electron chi connectivity index (χ4n) is 1.67. The Morgan fingerprint density at radius 1 is 0.864 bits per heavy atom. The average Bonchev–Trinajstić information content (AvgIpc) is 2.50. The first-order valence-electron chi connectivity index (χ1n) is 6.47. The molecule has 0 saturated carbocycles. The Morgan fingerprint density at radius 2 is 1.36 bits per heavy atom. The van der Waals surface area contributed by atoms with Crippen LogP contribution < -0.4 is 14.2 Å². The van der Waals surface area contributed by atoms with Gasteiger partial charge < -0.3 is 14.2 Å². The lowest BCUT2D eigenvalue weighted by atomic mass is 10.2. The molecule has 5 heteroatoms. The summed E-state index contributed by atoms with van der Waals surface area (Å²) in [5.41, 5.74) is 0.389. The zero-order chi connectivity index (χ0) is 15.9. The van der Waals surface area contributed by atoms with E-state index in [1.807, 2.05) is 0 Å². The molecule has 0 saturated heterocycles. The van der Waals surface area contributed by atoms with E-state index >= 15 is 0 Å². The molecule has 0 bridgehead atoms. The first-order chi connectivity index (χ1) is 10.6. The molecule has 0 unspecified atom stereocenters. The molecular formula is C17H14O5. The van der Waals surface area contributed by atoms with Crippen LogP contribution in [0.4, 0.5) is 0 Å². The number of benzene rings is 2. The minimum absolute atomic E-state index is 0.354. The molecule has 0 aliphatic rings.